The van der Waals surface area contributed by atoms with E-state index in [0.717, 1.165) is 0 Å². The third-order valence-corrected chi connectivity index (χ3v) is 2.09. The summed E-state index contributed by atoms with van der Waals surface area (Å²) in [5.41, 5.74) is 0. The molecule has 13 heteroatoms. The van der Waals surface area contributed by atoms with Crippen LogP contribution in [0.3, 0.4) is 0 Å². The molecule has 17 heavy (non-hydrogen) atoms. The number of rotatable bonds is 4. The van der Waals surface area contributed by atoms with E-state index in [1.165, 1.54) is 0 Å². The van der Waals surface area contributed by atoms with E-state index in [2.05, 4.69) is 4.74 Å². The molecule has 0 heterocycles. The van der Waals surface area contributed by atoms with Crippen LogP contribution in [0.15, 0.2) is 22.3 Å². The maximum Gasteiger partial charge on any atom is 0.365 e. The summed E-state index contributed by atoms with van der Waals surface area (Å²) in [4.78, 5) is 0. The van der Waals surface area contributed by atoms with E-state index in [4.69, 9.17) is 0 Å². The molecule has 0 atom stereocenters. The number of ether oxygens (including phenoxy) is 1. The van der Waals surface area contributed by atoms with Crippen molar-refractivity contribution in [1.29, 1.82) is 0 Å². The van der Waals surface area contributed by atoms with Crippen molar-refractivity contribution < 1.29 is 46.9 Å². The maximum absolute atomic E-state index is 12.2. The smallest absolute Gasteiger partial charge is 0.365 e. The van der Waals surface area contributed by atoms with Gasteiger partial charge in [-0.2, -0.15) is 34.4 Å². The summed E-state index contributed by atoms with van der Waals surface area (Å²) in [7, 11) is -12.5. The predicted octanol–water partition coefficient (Wildman–Crippen LogP) is 1.73. The van der Waals surface area contributed by atoms with Gasteiger partial charge in [0, 0.05) is 0 Å². The Bertz CT molecular complexity index is 520. The average Bonchev–Trinajstić information content (AvgIpc) is 2.12. The van der Waals surface area contributed by atoms with Crippen LogP contribution in [0.2, 0.25) is 0 Å². The van der Waals surface area contributed by atoms with E-state index in [-0.39, 0.29) is 0 Å². The lowest BCUT2D eigenvalue weighted by atomic mass is 10.9. The number of hydrogen-bond donors (Lipinski definition) is 0. The zero-order chi connectivity index (χ0) is 14.0. The predicted molar refractivity (Wildman–Crippen MR) is 39.6 cm³/mol. The minimum Gasteiger partial charge on any atom is -0.398 e. The third-order valence-electron chi connectivity index (χ3n) is 0.916. The molecule has 0 aromatic rings. The molecule has 0 unspecified atom stereocenters. The first kappa shape index (κ1) is 15.8. The van der Waals surface area contributed by atoms with Gasteiger partial charge in [-0.15, -0.1) is 0 Å². The molecule has 5 nitrogen and oxygen atoms in total. The maximum atomic E-state index is 12.2. The number of halogens is 6. The highest BCUT2D eigenvalue weighted by atomic mass is 32.3. The first-order valence-corrected chi connectivity index (χ1v) is 5.81. The Hall–Kier alpha value is -1.24. The van der Waals surface area contributed by atoms with E-state index >= 15 is 0 Å². The van der Waals surface area contributed by atoms with Gasteiger partial charge in [0.05, 0.1) is 0 Å². The first-order valence-electron chi connectivity index (χ1n) is 3.05. The standard InChI is InChI=1S/C4F6O5S2/c5-1(3(7)16(9,11)12)15-2(6)4(8)17(10,13)14. The minimum atomic E-state index is -6.25. The highest BCUT2D eigenvalue weighted by Gasteiger charge is 2.29. The normalized spacial score (nSPS) is 16.1. The van der Waals surface area contributed by atoms with E-state index in [0.29, 0.717) is 0 Å². The molecule has 0 radical (unpaired) electrons. The van der Waals surface area contributed by atoms with Crippen LogP contribution in [0.25, 0.3) is 0 Å². The molecule has 0 aromatic carbocycles. The Kier molecular flexibility index (Phi) is 4.59. The topological polar surface area (TPSA) is 77.5 Å². The van der Waals surface area contributed by atoms with E-state index < -0.39 is 42.8 Å². The van der Waals surface area contributed by atoms with Gasteiger partial charge in [-0.1, -0.05) is 7.77 Å². The van der Waals surface area contributed by atoms with E-state index in [9.17, 15) is 42.2 Å². The lowest BCUT2D eigenvalue weighted by Gasteiger charge is -1.99. The van der Waals surface area contributed by atoms with Gasteiger partial charge in [0.15, 0.2) is 0 Å². The van der Waals surface area contributed by atoms with Crippen LogP contribution in [0.1, 0.15) is 0 Å². The van der Waals surface area contributed by atoms with E-state index in [1.54, 1.807) is 0 Å². The first-order chi connectivity index (χ1) is 7.37. The minimum absolute atomic E-state index is 2.66. The van der Waals surface area contributed by atoms with Crippen LogP contribution in [-0.4, -0.2) is 16.8 Å². The molecule has 0 fully saturated rings. The molecule has 0 aliphatic heterocycles. The second-order valence-corrected chi connectivity index (χ2v) is 4.54. The molecule has 0 aliphatic carbocycles. The van der Waals surface area contributed by atoms with Gasteiger partial charge in [0.1, 0.15) is 0 Å². The molecule has 0 aromatic heterocycles. The van der Waals surface area contributed by atoms with Crippen LogP contribution >= 0.6 is 0 Å². The van der Waals surface area contributed by atoms with Crippen molar-refractivity contribution >= 4 is 20.4 Å². The van der Waals surface area contributed by atoms with Crippen molar-refractivity contribution in [3.05, 3.63) is 22.3 Å². The Morgan fingerprint density at radius 1 is 0.706 bits per heavy atom. The molecule has 100 valence electrons. The zero-order valence-corrected chi connectivity index (χ0v) is 8.76. The molecule has 0 amide bonds. The fourth-order valence-electron chi connectivity index (χ4n) is 0.351. The Morgan fingerprint density at radius 2 is 0.941 bits per heavy atom. The molecular weight excluding hydrogens is 306 g/mol. The molecular formula is C4F6O5S2. The van der Waals surface area contributed by atoms with Gasteiger partial charge in [0.25, 0.3) is 0 Å². The SMILES string of the molecule is O=S(=O)(F)C(F)=C(F)OC(F)=C(F)S(=O)(=O)F. The summed E-state index contributed by atoms with van der Waals surface area (Å²) in [5, 5.41) is -6.56. The second kappa shape index (κ2) is 4.95. The zero-order valence-electron chi connectivity index (χ0n) is 7.13. The highest BCUT2D eigenvalue weighted by Crippen LogP contribution is 2.25. The van der Waals surface area contributed by atoms with Crippen molar-refractivity contribution in [2.45, 2.75) is 0 Å². The molecule has 0 spiro atoms. The van der Waals surface area contributed by atoms with Gasteiger partial charge in [-0.25, -0.2) is 0 Å². The largest absolute Gasteiger partial charge is 0.398 e. The van der Waals surface area contributed by atoms with Crippen molar-refractivity contribution in [2.24, 2.45) is 0 Å². The summed E-state index contributed by atoms with van der Waals surface area (Å²) >= 11 is 0. The summed E-state index contributed by atoms with van der Waals surface area (Å²) in [6.07, 6.45) is 0. The Morgan fingerprint density at radius 3 is 1.12 bits per heavy atom. The van der Waals surface area contributed by atoms with Crippen molar-refractivity contribution in [1.82, 2.24) is 0 Å². The highest BCUT2D eigenvalue weighted by molar-refractivity contribution is 7.90. The van der Waals surface area contributed by atoms with Crippen LogP contribution < -0.4 is 0 Å². The van der Waals surface area contributed by atoms with Gasteiger partial charge >= 0.3 is 42.8 Å². The van der Waals surface area contributed by atoms with Gasteiger partial charge in [-0.05, 0) is 0 Å². The Balaban J connectivity index is 5.42. The summed E-state index contributed by atoms with van der Waals surface area (Å²) in [6.45, 7) is 0. The molecule has 0 saturated heterocycles. The van der Waals surface area contributed by atoms with Crippen molar-refractivity contribution in [3.63, 3.8) is 0 Å². The van der Waals surface area contributed by atoms with Gasteiger partial charge in [-0.3, -0.25) is 0 Å². The monoisotopic (exact) mass is 306 g/mol. The van der Waals surface area contributed by atoms with Crippen LogP contribution in [0.4, 0.5) is 25.3 Å². The quantitative estimate of drug-likeness (QED) is 0.449. The molecule has 0 bridgehead atoms. The van der Waals surface area contributed by atoms with E-state index in [1.807, 2.05) is 0 Å². The van der Waals surface area contributed by atoms with Crippen molar-refractivity contribution in [2.75, 3.05) is 0 Å². The lowest BCUT2D eigenvalue weighted by molar-refractivity contribution is 0.139. The van der Waals surface area contributed by atoms with Crippen LogP contribution in [0, 0.1) is 0 Å². The van der Waals surface area contributed by atoms with Crippen LogP contribution in [-0.2, 0) is 25.2 Å². The second-order valence-electron chi connectivity index (χ2n) is 2.07. The van der Waals surface area contributed by atoms with Crippen molar-refractivity contribution in [3.8, 4) is 0 Å². The molecule has 0 saturated carbocycles. The van der Waals surface area contributed by atoms with Crippen LogP contribution in [0.5, 0.6) is 0 Å². The molecule has 0 N–H and O–H groups in total. The number of hydrogen-bond acceptors (Lipinski definition) is 5. The average molecular weight is 306 g/mol. The molecule has 0 aliphatic rings. The summed E-state index contributed by atoms with van der Waals surface area (Å²) < 4.78 is 113. The lowest BCUT2D eigenvalue weighted by Crippen LogP contribution is -1.99. The Labute approximate surface area is 90.4 Å². The third kappa shape index (κ3) is 4.64. The van der Waals surface area contributed by atoms with Gasteiger partial charge < -0.3 is 4.74 Å². The molecule has 0 rings (SSSR count). The fraction of sp³-hybridized carbons (Fsp3) is 0. The summed E-state index contributed by atoms with van der Waals surface area (Å²) in [5.74, 6) is 0. The van der Waals surface area contributed by atoms with Gasteiger partial charge in [0.2, 0.25) is 0 Å². The summed E-state index contributed by atoms with van der Waals surface area (Å²) in [6, 6.07) is -6.30. The fourth-order valence-corrected chi connectivity index (χ4v) is 0.817.